The zero-order valence-corrected chi connectivity index (χ0v) is 16.2. The number of carbonyl (C=O) groups excluding carboxylic acids is 1. The van der Waals surface area contributed by atoms with E-state index in [0.717, 1.165) is 4.88 Å². The molecule has 2 aromatic rings. The van der Waals surface area contributed by atoms with Gasteiger partial charge in [-0.1, -0.05) is 6.07 Å². The van der Waals surface area contributed by atoms with E-state index in [9.17, 15) is 9.59 Å². The molecule has 0 aromatic carbocycles. The number of morpholine rings is 1. The summed E-state index contributed by atoms with van der Waals surface area (Å²) >= 11 is 1.54. The molecule has 0 saturated carbocycles. The van der Waals surface area contributed by atoms with Crippen molar-refractivity contribution in [2.75, 3.05) is 39.8 Å². The van der Waals surface area contributed by atoms with Gasteiger partial charge in [-0.15, -0.1) is 11.3 Å². The third-order valence-corrected chi connectivity index (χ3v) is 5.21. The Kier molecular flexibility index (Phi) is 6.25. The van der Waals surface area contributed by atoms with E-state index >= 15 is 0 Å². The number of carboxylic acid groups (broad SMARTS) is 1. The zero-order valence-electron chi connectivity index (χ0n) is 15.4. The lowest BCUT2D eigenvalue weighted by Gasteiger charge is -2.34. The minimum Gasteiger partial charge on any atom is -0.480 e. The summed E-state index contributed by atoms with van der Waals surface area (Å²) in [6.45, 7) is 3.62. The second-order valence-electron chi connectivity index (χ2n) is 6.60. The summed E-state index contributed by atoms with van der Waals surface area (Å²) in [5.41, 5.74) is 0.648. The third kappa shape index (κ3) is 5.15. The highest BCUT2D eigenvalue weighted by atomic mass is 32.1. The second kappa shape index (κ2) is 8.64. The number of aryl methyl sites for hydroxylation is 1. The van der Waals surface area contributed by atoms with Crippen LogP contribution in [0.1, 0.15) is 11.5 Å². The van der Waals surface area contributed by atoms with Gasteiger partial charge >= 0.3 is 5.97 Å². The number of likely N-dealkylation sites (N-methyl/N-ethyl adjacent to an activating group) is 1. The van der Waals surface area contributed by atoms with Crippen LogP contribution in [0.2, 0.25) is 0 Å². The monoisotopic (exact) mass is 393 g/mol. The zero-order chi connectivity index (χ0) is 19.4. The van der Waals surface area contributed by atoms with E-state index in [1.807, 2.05) is 24.4 Å². The summed E-state index contributed by atoms with van der Waals surface area (Å²) in [5, 5.41) is 10.8. The van der Waals surface area contributed by atoms with Crippen LogP contribution in [-0.4, -0.2) is 77.7 Å². The Hall–Kier alpha value is -2.23. The number of aromatic nitrogens is 1. The number of hydrogen-bond acceptors (Lipinski definition) is 7. The van der Waals surface area contributed by atoms with E-state index in [2.05, 4.69) is 4.98 Å². The second-order valence-corrected chi connectivity index (χ2v) is 7.55. The van der Waals surface area contributed by atoms with Crippen LogP contribution < -0.4 is 0 Å². The first-order valence-electron chi connectivity index (χ1n) is 8.72. The topological polar surface area (TPSA) is 96.1 Å². The van der Waals surface area contributed by atoms with Gasteiger partial charge in [0, 0.05) is 19.6 Å². The molecule has 1 aliphatic rings. The maximum atomic E-state index is 12.7. The molecule has 146 valence electrons. The van der Waals surface area contributed by atoms with Gasteiger partial charge < -0.3 is 19.2 Å². The van der Waals surface area contributed by atoms with Gasteiger partial charge in [-0.3, -0.25) is 14.5 Å². The molecule has 1 saturated heterocycles. The summed E-state index contributed by atoms with van der Waals surface area (Å²) in [6, 6.07) is 3.86. The Labute approximate surface area is 161 Å². The van der Waals surface area contributed by atoms with Gasteiger partial charge in [0.15, 0.2) is 0 Å². The van der Waals surface area contributed by atoms with Crippen molar-refractivity contribution in [3.8, 4) is 10.8 Å². The molecule has 1 atom stereocenters. The third-order valence-electron chi connectivity index (χ3n) is 4.36. The van der Waals surface area contributed by atoms with Crippen molar-refractivity contribution in [3.63, 3.8) is 0 Å². The fourth-order valence-electron chi connectivity index (χ4n) is 3.05. The first-order chi connectivity index (χ1) is 12.9. The highest BCUT2D eigenvalue weighted by Gasteiger charge is 2.27. The molecule has 1 aliphatic heterocycles. The van der Waals surface area contributed by atoms with E-state index in [1.165, 1.54) is 0 Å². The minimum absolute atomic E-state index is 0.0293. The molecule has 1 unspecified atom stereocenters. The van der Waals surface area contributed by atoms with Gasteiger partial charge in [0.2, 0.25) is 11.8 Å². The molecular formula is C18H23N3O5S. The van der Waals surface area contributed by atoms with Crippen LogP contribution >= 0.6 is 11.3 Å². The van der Waals surface area contributed by atoms with E-state index in [4.69, 9.17) is 14.3 Å². The molecule has 1 fully saturated rings. The van der Waals surface area contributed by atoms with Crippen molar-refractivity contribution < 1.29 is 23.8 Å². The van der Waals surface area contributed by atoms with E-state index in [-0.39, 0.29) is 25.0 Å². The van der Waals surface area contributed by atoms with Gasteiger partial charge in [0.05, 0.1) is 36.2 Å². The molecule has 0 radical (unpaired) electrons. The Morgan fingerprint density at radius 3 is 3.00 bits per heavy atom. The number of hydrogen-bond donors (Lipinski definition) is 1. The SMILES string of the molecule is Cc1oc(-c2cccs2)nc1CC(=O)N1CCOC(CN(C)CC(=O)O)C1. The van der Waals surface area contributed by atoms with Gasteiger partial charge in [0.1, 0.15) is 5.76 Å². The maximum absolute atomic E-state index is 12.7. The molecule has 0 aliphatic carbocycles. The minimum atomic E-state index is -0.885. The highest BCUT2D eigenvalue weighted by molar-refractivity contribution is 7.13. The first-order valence-corrected chi connectivity index (χ1v) is 9.60. The molecule has 0 bridgehead atoms. The average molecular weight is 393 g/mol. The maximum Gasteiger partial charge on any atom is 0.317 e. The van der Waals surface area contributed by atoms with Crippen molar-refractivity contribution in [1.82, 2.24) is 14.8 Å². The Morgan fingerprint density at radius 2 is 2.30 bits per heavy atom. The fraction of sp³-hybridized carbons (Fsp3) is 0.500. The summed E-state index contributed by atoms with van der Waals surface area (Å²) in [7, 11) is 1.73. The Balaban J connectivity index is 1.58. The average Bonchev–Trinajstić information content (AvgIpc) is 3.24. The molecule has 8 nitrogen and oxygen atoms in total. The summed E-state index contributed by atoms with van der Waals surface area (Å²) in [5.74, 6) is 0.279. The normalized spacial score (nSPS) is 17.4. The van der Waals surface area contributed by atoms with Crippen LogP contribution in [0.3, 0.4) is 0 Å². The molecular weight excluding hydrogens is 370 g/mol. The number of rotatable bonds is 7. The van der Waals surface area contributed by atoms with Crippen molar-refractivity contribution in [2.24, 2.45) is 0 Å². The van der Waals surface area contributed by atoms with Crippen molar-refractivity contribution >= 4 is 23.2 Å². The molecule has 9 heteroatoms. The van der Waals surface area contributed by atoms with Gasteiger partial charge in [-0.05, 0) is 25.4 Å². The number of carbonyl (C=O) groups is 2. The predicted molar refractivity (Wildman–Crippen MR) is 99.7 cm³/mol. The summed E-state index contributed by atoms with van der Waals surface area (Å²) in [4.78, 5) is 32.3. The highest BCUT2D eigenvalue weighted by Crippen LogP contribution is 2.26. The summed E-state index contributed by atoms with van der Waals surface area (Å²) < 4.78 is 11.4. The fourth-order valence-corrected chi connectivity index (χ4v) is 3.70. The van der Waals surface area contributed by atoms with Crippen molar-refractivity contribution in [2.45, 2.75) is 19.4 Å². The molecule has 2 aromatic heterocycles. The number of oxazole rings is 1. The van der Waals surface area contributed by atoms with E-state index < -0.39 is 5.97 Å². The van der Waals surface area contributed by atoms with Gasteiger partial charge in [-0.2, -0.15) is 0 Å². The number of carboxylic acids is 1. The summed E-state index contributed by atoms with van der Waals surface area (Å²) in [6.07, 6.45) is -0.0228. The van der Waals surface area contributed by atoms with E-state index in [1.54, 1.807) is 28.2 Å². The molecule has 3 rings (SSSR count). The first kappa shape index (κ1) is 19.5. The van der Waals surface area contributed by atoms with Crippen LogP contribution in [0.4, 0.5) is 0 Å². The smallest absolute Gasteiger partial charge is 0.317 e. The molecule has 27 heavy (non-hydrogen) atoms. The molecule has 3 heterocycles. The van der Waals surface area contributed by atoms with Crippen molar-refractivity contribution in [3.05, 3.63) is 29.0 Å². The lowest BCUT2D eigenvalue weighted by Crippen LogP contribution is -2.50. The number of amides is 1. The van der Waals surface area contributed by atoms with Gasteiger partial charge in [0.25, 0.3) is 0 Å². The quantitative estimate of drug-likeness (QED) is 0.761. The lowest BCUT2D eigenvalue weighted by molar-refractivity contribution is -0.142. The number of ether oxygens (including phenoxy) is 1. The molecule has 1 N–H and O–H groups in total. The van der Waals surface area contributed by atoms with Crippen LogP contribution in [-0.2, 0) is 20.7 Å². The Morgan fingerprint density at radius 1 is 1.48 bits per heavy atom. The van der Waals surface area contributed by atoms with Gasteiger partial charge in [-0.25, -0.2) is 4.98 Å². The number of nitrogens with zero attached hydrogens (tertiary/aromatic N) is 3. The van der Waals surface area contributed by atoms with Crippen LogP contribution in [0.15, 0.2) is 21.9 Å². The van der Waals surface area contributed by atoms with E-state index in [0.29, 0.717) is 43.6 Å². The molecule has 0 spiro atoms. The van der Waals surface area contributed by atoms with Crippen LogP contribution in [0, 0.1) is 6.92 Å². The Bertz CT molecular complexity index is 789. The number of aliphatic carboxylic acids is 1. The van der Waals surface area contributed by atoms with Crippen molar-refractivity contribution in [1.29, 1.82) is 0 Å². The van der Waals surface area contributed by atoms with Crippen LogP contribution in [0.5, 0.6) is 0 Å². The number of thiophene rings is 1. The predicted octanol–water partition coefficient (Wildman–Crippen LogP) is 1.50. The molecule has 1 amide bonds. The largest absolute Gasteiger partial charge is 0.480 e. The standard InChI is InChI=1S/C18H23N3O5S/c1-12-14(19-18(26-12)15-4-3-7-27-15)8-16(22)21-5-6-25-13(10-21)9-20(2)11-17(23)24/h3-4,7,13H,5-6,8-11H2,1-2H3,(H,23,24). The van der Waals surface area contributed by atoms with Crippen LogP contribution in [0.25, 0.3) is 10.8 Å². The lowest BCUT2D eigenvalue weighted by atomic mass is 10.2.